The average Bonchev–Trinajstić information content (AvgIpc) is 3.41. The van der Waals surface area contributed by atoms with Crippen molar-refractivity contribution in [1.82, 2.24) is 13.7 Å². The molecule has 0 spiro atoms. The van der Waals surface area contributed by atoms with Gasteiger partial charge in [-0.2, -0.15) is 0 Å². The van der Waals surface area contributed by atoms with Gasteiger partial charge in [-0.3, -0.25) is 9.36 Å². The topological polar surface area (TPSA) is 48.9 Å². The van der Waals surface area contributed by atoms with Crippen LogP contribution in [0.5, 0.6) is 0 Å². The molecule has 0 aliphatic carbocycles. The molecule has 0 aliphatic rings. The van der Waals surface area contributed by atoms with Crippen molar-refractivity contribution in [1.29, 1.82) is 0 Å². The second-order valence-corrected chi connectivity index (χ2v) is 10.6. The first-order valence-corrected chi connectivity index (χ1v) is 14.5. The summed E-state index contributed by atoms with van der Waals surface area (Å²) in [4.78, 5) is 28.2. The molecule has 2 aromatic heterocycles. The van der Waals surface area contributed by atoms with Crippen molar-refractivity contribution in [3.8, 4) is 11.4 Å². The van der Waals surface area contributed by atoms with Gasteiger partial charge < -0.3 is 4.57 Å². The van der Waals surface area contributed by atoms with E-state index in [9.17, 15) is 9.59 Å². The Labute approximate surface area is 254 Å². The van der Waals surface area contributed by atoms with Crippen LogP contribution in [-0.4, -0.2) is 13.7 Å². The fraction of sp³-hybridized carbons (Fsp3) is 0.0256. The molecule has 0 bridgehead atoms. The van der Waals surface area contributed by atoms with Crippen LogP contribution in [0.1, 0.15) is 12.5 Å². The molecule has 5 nitrogen and oxygen atoms in total. The molecule has 0 saturated carbocycles. The molecule has 2 heterocycles. The normalized spacial score (nSPS) is 12.1. The van der Waals surface area contributed by atoms with Crippen LogP contribution in [0.4, 0.5) is 0 Å². The van der Waals surface area contributed by atoms with Crippen LogP contribution >= 0.6 is 0 Å². The Morgan fingerprint density at radius 3 is 1.73 bits per heavy atom. The summed E-state index contributed by atoms with van der Waals surface area (Å²) in [6, 6.07) is 41.6. The summed E-state index contributed by atoms with van der Waals surface area (Å²) in [5.74, 6) is 0. The van der Waals surface area contributed by atoms with Gasteiger partial charge in [-0.1, -0.05) is 104 Å². The molecule has 44 heavy (non-hydrogen) atoms. The zero-order valence-electron chi connectivity index (χ0n) is 24.2. The molecule has 0 amide bonds. The van der Waals surface area contributed by atoms with E-state index in [1.165, 1.54) is 4.57 Å². The van der Waals surface area contributed by atoms with Crippen molar-refractivity contribution in [3.63, 3.8) is 0 Å². The van der Waals surface area contributed by atoms with Crippen LogP contribution in [0.3, 0.4) is 0 Å². The Balaban J connectivity index is 1.43. The van der Waals surface area contributed by atoms with E-state index in [1.807, 2.05) is 110 Å². The second-order valence-electron chi connectivity index (χ2n) is 10.6. The van der Waals surface area contributed by atoms with E-state index >= 15 is 0 Å². The molecule has 0 saturated heterocycles. The van der Waals surface area contributed by atoms with Crippen molar-refractivity contribution in [2.75, 3.05) is 0 Å². The van der Waals surface area contributed by atoms with Crippen molar-refractivity contribution in [2.45, 2.75) is 6.92 Å². The van der Waals surface area contributed by atoms with Gasteiger partial charge in [-0.05, 0) is 66.6 Å². The molecule has 5 aromatic carbocycles. The van der Waals surface area contributed by atoms with E-state index in [0.717, 1.165) is 38.6 Å². The summed E-state index contributed by atoms with van der Waals surface area (Å²) in [7, 11) is 0. The first-order valence-electron chi connectivity index (χ1n) is 14.5. The van der Waals surface area contributed by atoms with Crippen LogP contribution in [0.15, 0.2) is 162 Å². The quantitative estimate of drug-likeness (QED) is 0.188. The van der Waals surface area contributed by atoms with Gasteiger partial charge >= 0.3 is 5.69 Å². The Morgan fingerprint density at radius 1 is 0.591 bits per heavy atom. The van der Waals surface area contributed by atoms with E-state index in [4.69, 9.17) is 0 Å². The van der Waals surface area contributed by atoms with E-state index in [1.54, 1.807) is 22.8 Å². The maximum Gasteiger partial charge on any atom is 0.340 e. The largest absolute Gasteiger partial charge is 0.340 e. The number of allylic oxidation sites excluding steroid dienone is 5. The number of para-hydroxylation sites is 3. The summed E-state index contributed by atoms with van der Waals surface area (Å²) < 4.78 is 5.08. The standard InChI is InChI=1S/C39H29N3O2/c1-3-29(25-24-27(2)28-14-5-4-6-15-28)42-38(43)34-20-9-12-23-37(34)41(39(42)44)31-17-13-16-30(26-31)40-35-21-10-7-18-32(35)33-19-8-11-22-36(33)40/h3-26H,2H2,1H3/b25-24-,29-3+. The van der Waals surface area contributed by atoms with Crippen LogP contribution in [-0.2, 0) is 0 Å². The highest BCUT2D eigenvalue weighted by atomic mass is 16.2. The van der Waals surface area contributed by atoms with Gasteiger partial charge in [-0.25, -0.2) is 9.36 Å². The predicted octanol–water partition coefficient (Wildman–Crippen LogP) is 8.38. The zero-order valence-corrected chi connectivity index (χ0v) is 24.2. The lowest BCUT2D eigenvalue weighted by Gasteiger charge is -2.16. The predicted molar refractivity (Wildman–Crippen MR) is 183 cm³/mol. The number of rotatable bonds is 6. The summed E-state index contributed by atoms with van der Waals surface area (Å²) in [6.07, 6.45) is 5.37. The van der Waals surface area contributed by atoms with Crippen molar-refractivity contribution >= 4 is 44.0 Å². The van der Waals surface area contributed by atoms with Gasteiger partial charge in [0.1, 0.15) is 0 Å². The highest BCUT2D eigenvalue weighted by Gasteiger charge is 2.17. The lowest BCUT2D eigenvalue weighted by atomic mass is 10.1. The molecule has 5 heteroatoms. The van der Waals surface area contributed by atoms with Crippen molar-refractivity contribution in [3.05, 3.63) is 179 Å². The number of aromatic nitrogens is 3. The van der Waals surface area contributed by atoms with Gasteiger partial charge in [-0.15, -0.1) is 0 Å². The minimum atomic E-state index is -0.448. The van der Waals surface area contributed by atoms with Crippen LogP contribution in [0.25, 0.3) is 55.4 Å². The highest BCUT2D eigenvalue weighted by molar-refractivity contribution is 6.09. The van der Waals surface area contributed by atoms with Crippen molar-refractivity contribution in [2.24, 2.45) is 0 Å². The zero-order chi connectivity index (χ0) is 30.2. The first kappa shape index (κ1) is 26.9. The smallest absolute Gasteiger partial charge is 0.309 e. The lowest BCUT2D eigenvalue weighted by Crippen LogP contribution is -2.38. The van der Waals surface area contributed by atoms with Crippen LogP contribution in [0.2, 0.25) is 0 Å². The summed E-state index contributed by atoms with van der Waals surface area (Å²) in [5, 5.41) is 2.77. The van der Waals surface area contributed by atoms with E-state index in [-0.39, 0.29) is 5.56 Å². The van der Waals surface area contributed by atoms with E-state index in [2.05, 4.69) is 35.4 Å². The number of nitrogens with zero attached hydrogens (tertiary/aromatic N) is 3. The van der Waals surface area contributed by atoms with E-state index < -0.39 is 5.69 Å². The molecule has 0 unspecified atom stereocenters. The van der Waals surface area contributed by atoms with E-state index in [0.29, 0.717) is 22.3 Å². The summed E-state index contributed by atoms with van der Waals surface area (Å²) >= 11 is 0. The van der Waals surface area contributed by atoms with Crippen LogP contribution < -0.4 is 11.2 Å². The summed E-state index contributed by atoms with van der Waals surface area (Å²) in [5.41, 5.74) is 5.66. The van der Waals surface area contributed by atoms with Gasteiger partial charge in [0.15, 0.2) is 0 Å². The van der Waals surface area contributed by atoms with Crippen LogP contribution in [0, 0.1) is 0 Å². The second kappa shape index (κ2) is 11.0. The molecular formula is C39H29N3O2. The Bertz CT molecular complexity index is 2350. The summed E-state index contributed by atoms with van der Waals surface area (Å²) in [6.45, 7) is 5.99. The third kappa shape index (κ3) is 4.43. The number of hydrogen-bond acceptors (Lipinski definition) is 2. The Morgan fingerprint density at radius 2 is 1.11 bits per heavy atom. The fourth-order valence-corrected chi connectivity index (χ4v) is 5.94. The van der Waals surface area contributed by atoms with Gasteiger partial charge in [0.2, 0.25) is 0 Å². The molecular weight excluding hydrogens is 542 g/mol. The molecule has 0 radical (unpaired) electrons. The van der Waals surface area contributed by atoms with Crippen molar-refractivity contribution < 1.29 is 0 Å². The SMILES string of the molecule is C=C(/C=C\C(=C/C)n1c(=O)c2ccccc2n(-c2cccc(-n3c4ccccc4c4ccccc43)c2)c1=O)c1ccccc1. The molecule has 7 aromatic rings. The van der Waals surface area contributed by atoms with Gasteiger partial charge in [0.05, 0.1) is 27.6 Å². The first-order chi connectivity index (χ1) is 21.6. The van der Waals surface area contributed by atoms with Gasteiger partial charge in [0, 0.05) is 22.2 Å². The highest BCUT2D eigenvalue weighted by Crippen LogP contribution is 2.32. The number of hydrogen-bond donors (Lipinski definition) is 0. The maximum absolute atomic E-state index is 14.4. The number of fused-ring (bicyclic) bond motifs is 4. The lowest BCUT2D eigenvalue weighted by molar-refractivity contribution is 0.851. The third-order valence-electron chi connectivity index (χ3n) is 8.04. The third-order valence-corrected chi connectivity index (χ3v) is 8.04. The Hall–Kier alpha value is -5.94. The fourth-order valence-electron chi connectivity index (χ4n) is 5.94. The molecule has 212 valence electrons. The minimum absolute atomic E-state index is 0.372. The Kier molecular flexibility index (Phi) is 6.76. The monoisotopic (exact) mass is 571 g/mol. The average molecular weight is 572 g/mol. The molecule has 0 fully saturated rings. The number of benzene rings is 5. The maximum atomic E-state index is 14.4. The molecule has 0 atom stereocenters. The molecule has 7 rings (SSSR count). The van der Waals surface area contributed by atoms with Gasteiger partial charge in [0.25, 0.3) is 5.56 Å². The molecule has 0 N–H and O–H groups in total. The minimum Gasteiger partial charge on any atom is -0.309 e. The molecule has 0 aliphatic heterocycles.